The lowest BCUT2D eigenvalue weighted by Gasteiger charge is -2.08. The van der Waals surface area contributed by atoms with Crippen molar-refractivity contribution in [1.29, 1.82) is 0 Å². The Kier molecular flexibility index (Phi) is 5.25. The number of hydrogen-bond donors (Lipinski definition) is 2. The van der Waals surface area contributed by atoms with Gasteiger partial charge >= 0.3 is 0 Å². The van der Waals surface area contributed by atoms with Crippen molar-refractivity contribution in [2.24, 2.45) is 0 Å². The van der Waals surface area contributed by atoms with E-state index in [0.29, 0.717) is 16.9 Å². The van der Waals surface area contributed by atoms with Crippen molar-refractivity contribution in [2.45, 2.75) is 20.3 Å². The molecular weight excluding hydrogens is 278 g/mol. The van der Waals surface area contributed by atoms with E-state index in [1.807, 2.05) is 6.07 Å². The summed E-state index contributed by atoms with van der Waals surface area (Å²) in [5.74, 6) is -0.346. The molecule has 0 spiro atoms. The molecule has 0 saturated carbocycles. The van der Waals surface area contributed by atoms with Gasteiger partial charge in [-0.3, -0.25) is 14.6 Å². The topological polar surface area (TPSA) is 71.1 Å². The highest BCUT2D eigenvalue weighted by Crippen LogP contribution is 2.14. The maximum atomic E-state index is 12.2. The van der Waals surface area contributed by atoms with Crippen LogP contribution in [0.4, 0.5) is 11.4 Å². The summed E-state index contributed by atoms with van der Waals surface area (Å²) in [7, 11) is 0. The first-order valence-corrected chi connectivity index (χ1v) is 7.22. The third-order valence-corrected chi connectivity index (χ3v) is 3.10. The van der Waals surface area contributed by atoms with Crippen LogP contribution in [-0.4, -0.2) is 23.2 Å². The van der Waals surface area contributed by atoms with Crippen molar-refractivity contribution >= 4 is 23.1 Å². The Hall–Kier alpha value is -2.69. The van der Waals surface area contributed by atoms with E-state index in [-0.39, 0.29) is 11.7 Å². The molecule has 5 heteroatoms. The van der Waals surface area contributed by atoms with Crippen LogP contribution < -0.4 is 10.6 Å². The van der Waals surface area contributed by atoms with Gasteiger partial charge in [0.05, 0.1) is 0 Å². The van der Waals surface area contributed by atoms with Crippen LogP contribution in [-0.2, 0) is 0 Å². The van der Waals surface area contributed by atoms with Crippen LogP contribution in [0.2, 0.25) is 0 Å². The summed E-state index contributed by atoms with van der Waals surface area (Å²) in [6.45, 7) is 4.40. The van der Waals surface area contributed by atoms with E-state index < -0.39 is 0 Å². The molecule has 2 aromatic rings. The van der Waals surface area contributed by atoms with Gasteiger partial charge in [-0.1, -0.05) is 19.1 Å². The Balaban J connectivity index is 2.12. The summed E-state index contributed by atoms with van der Waals surface area (Å²) in [5.41, 5.74) is 2.32. The Morgan fingerprint density at radius 3 is 2.68 bits per heavy atom. The van der Waals surface area contributed by atoms with Crippen LogP contribution in [0, 0.1) is 0 Å². The fourth-order valence-electron chi connectivity index (χ4n) is 1.95. The van der Waals surface area contributed by atoms with Gasteiger partial charge in [0.15, 0.2) is 5.78 Å². The molecule has 5 nitrogen and oxygen atoms in total. The van der Waals surface area contributed by atoms with E-state index in [0.717, 1.165) is 18.7 Å². The highest BCUT2D eigenvalue weighted by atomic mass is 16.2. The lowest BCUT2D eigenvalue weighted by Crippen LogP contribution is -2.14. The molecule has 0 aliphatic rings. The molecule has 0 aliphatic carbocycles. The highest BCUT2D eigenvalue weighted by molar-refractivity contribution is 6.04. The molecule has 2 rings (SSSR count). The molecule has 22 heavy (non-hydrogen) atoms. The van der Waals surface area contributed by atoms with Crippen LogP contribution in [0.25, 0.3) is 0 Å². The number of hydrogen-bond acceptors (Lipinski definition) is 4. The second-order valence-corrected chi connectivity index (χ2v) is 4.95. The first-order chi connectivity index (χ1) is 10.6. The lowest BCUT2D eigenvalue weighted by molar-refractivity contribution is 0.100. The molecule has 0 atom stereocenters. The van der Waals surface area contributed by atoms with Gasteiger partial charge in [0, 0.05) is 29.7 Å². The van der Waals surface area contributed by atoms with Crippen molar-refractivity contribution in [3.05, 3.63) is 53.9 Å². The Morgan fingerprint density at radius 2 is 1.95 bits per heavy atom. The zero-order valence-corrected chi connectivity index (χ0v) is 12.7. The first-order valence-electron chi connectivity index (χ1n) is 7.22. The quantitative estimate of drug-likeness (QED) is 0.802. The van der Waals surface area contributed by atoms with Gasteiger partial charge in [-0.15, -0.1) is 0 Å². The van der Waals surface area contributed by atoms with Crippen LogP contribution in [0.5, 0.6) is 0 Å². The van der Waals surface area contributed by atoms with Gasteiger partial charge in [-0.2, -0.15) is 0 Å². The summed E-state index contributed by atoms with van der Waals surface area (Å²) < 4.78 is 0. The number of carbonyl (C=O) groups is 2. The van der Waals surface area contributed by atoms with Gasteiger partial charge in [-0.25, -0.2) is 0 Å². The number of Topliss-reactive ketones (excluding diaryl/α,β-unsaturated/α-hetero) is 1. The summed E-state index contributed by atoms with van der Waals surface area (Å²) in [4.78, 5) is 27.7. The molecule has 1 aromatic carbocycles. The van der Waals surface area contributed by atoms with Gasteiger partial charge in [0.2, 0.25) is 0 Å². The summed E-state index contributed by atoms with van der Waals surface area (Å²) in [5, 5.41) is 5.97. The molecule has 1 amide bonds. The fourth-order valence-corrected chi connectivity index (χ4v) is 1.95. The number of carbonyl (C=O) groups excluding carboxylic acids is 2. The van der Waals surface area contributed by atoms with Crippen molar-refractivity contribution in [1.82, 2.24) is 4.98 Å². The third kappa shape index (κ3) is 4.15. The number of benzene rings is 1. The minimum absolute atomic E-state index is 0.0417. The van der Waals surface area contributed by atoms with E-state index in [9.17, 15) is 9.59 Å². The Bertz CT molecular complexity index is 683. The monoisotopic (exact) mass is 297 g/mol. The van der Waals surface area contributed by atoms with Crippen LogP contribution in [0.15, 0.2) is 42.6 Å². The SMILES string of the molecule is CCCNc1ccnc(C(=O)Nc2cccc(C(C)=O)c2)c1. The Morgan fingerprint density at radius 1 is 1.14 bits per heavy atom. The number of nitrogens with zero attached hydrogens (tertiary/aromatic N) is 1. The smallest absolute Gasteiger partial charge is 0.274 e. The first kappa shape index (κ1) is 15.7. The maximum Gasteiger partial charge on any atom is 0.274 e. The van der Waals surface area contributed by atoms with E-state index >= 15 is 0 Å². The minimum Gasteiger partial charge on any atom is -0.385 e. The summed E-state index contributed by atoms with van der Waals surface area (Å²) in [6, 6.07) is 10.4. The maximum absolute atomic E-state index is 12.2. The third-order valence-electron chi connectivity index (χ3n) is 3.10. The number of nitrogens with one attached hydrogen (secondary N) is 2. The summed E-state index contributed by atoms with van der Waals surface area (Å²) >= 11 is 0. The predicted octanol–water partition coefficient (Wildman–Crippen LogP) is 3.36. The molecule has 0 bridgehead atoms. The standard InChI is InChI=1S/C17H19N3O2/c1-3-8-18-14-7-9-19-16(11-14)17(22)20-15-6-4-5-13(10-15)12(2)21/h4-7,9-11H,3,8H2,1-2H3,(H,18,19)(H,20,22). The van der Waals surface area contributed by atoms with Gasteiger partial charge in [0.1, 0.15) is 5.69 Å². The molecule has 114 valence electrons. The van der Waals surface area contributed by atoms with Crippen molar-refractivity contribution in [3.63, 3.8) is 0 Å². The number of anilines is 2. The molecular formula is C17H19N3O2. The second kappa shape index (κ2) is 7.36. The van der Waals surface area contributed by atoms with E-state index in [2.05, 4.69) is 22.5 Å². The van der Waals surface area contributed by atoms with Gasteiger partial charge < -0.3 is 10.6 Å². The van der Waals surface area contributed by atoms with Gasteiger partial charge in [0.25, 0.3) is 5.91 Å². The van der Waals surface area contributed by atoms with Gasteiger partial charge in [-0.05, 0) is 37.6 Å². The number of amides is 1. The second-order valence-electron chi connectivity index (χ2n) is 4.95. The average Bonchev–Trinajstić information content (AvgIpc) is 2.53. The highest BCUT2D eigenvalue weighted by Gasteiger charge is 2.09. The number of aromatic nitrogens is 1. The predicted molar refractivity (Wildman–Crippen MR) is 87.4 cm³/mol. The van der Waals surface area contributed by atoms with Crippen LogP contribution in [0.3, 0.4) is 0 Å². The minimum atomic E-state index is -0.305. The fraction of sp³-hybridized carbons (Fsp3) is 0.235. The molecule has 1 aromatic heterocycles. The van der Waals surface area contributed by atoms with Crippen LogP contribution >= 0.6 is 0 Å². The van der Waals surface area contributed by atoms with E-state index in [4.69, 9.17) is 0 Å². The Labute approximate surface area is 129 Å². The van der Waals surface area contributed by atoms with Crippen molar-refractivity contribution in [3.8, 4) is 0 Å². The van der Waals surface area contributed by atoms with Crippen molar-refractivity contribution < 1.29 is 9.59 Å². The largest absolute Gasteiger partial charge is 0.385 e. The normalized spacial score (nSPS) is 10.1. The number of ketones is 1. The summed E-state index contributed by atoms with van der Waals surface area (Å²) in [6.07, 6.45) is 2.60. The zero-order valence-electron chi connectivity index (χ0n) is 12.7. The number of rotatable bonds is 6. The van der Waals surface area contributed by atoms with Crippen molar-refractivity contribution in [2.75, 3.05) is 17.2 Å². The molecule has 0 unspecified atom stereocenters. The van der Waals surface area contributed by atoms with E-state index in [1.54, 1.807) is 36.5 Å². The zero-order chi connectivity index (χ0) is 15.9. The molecule has 1 heterocycles. The lowest BCUT2D eigenvalue weighted by atomic mass is 10.1. The molecule has 0 radical (unpaired) electrons. The molecule has 0 fully saturated rings. The molecule has 2 N–H and O–H groups in total. The van der Waals surface area contributed by atoms with Crippen LogP contribution in [0.1, 0.15) is 41.1 Å². The van der Waals surface area contributed by atoms with E-state index in [1.165, 1.54) is 6.92 Å². The molecule has 0 saturated heterocycles. The molecule has 0 aliphatic heterocycles. The number of pyridine rings is 1. The average molecular weight is 297 g/mol.